The topological polar surface area (TPSA) is 42.9 Å². The van der Waals surface area contributed by atoms with E-state index >= 15 is 0 Å². The summed E-state index contributed by atoms with van der Waals surface area (Å²) in [6.45, 7) is 12.5. The molecule has 1 aromatic rings. The van der Waals surface area contributed by atoms with Gasteiger partial charge in [-0.25, -0.2) is 4.39 Å². The van der Waals surface area contributed by atoms with Crippen LogP contribution in [0.3, 0.4) is 0 Å². The smallest absolute Gasteiger partial charge is 0.191 e. The molecule has 146 valence electrons. The molecule has 1 unspecified atom stereocenters. The Labute approximate surface area is 157 Å². The van der Waals surface area contributed by atoms with E-state index in [1.54, 1.807) is 19.2 Å². The molecule has 0 amide bonds. The van der Waals surface area contributed by atoms with E-state index in [0.29, 0.717) is 12.6 Å². The lowest BCUT2D eigenvalue weighted by molar-refractivity contribution is 0.120. The highest BCUT2D eigenvalue weighted by atomic mass is 19.1. The number of halogens is 1. The Kier molecular flexibility index (Phi) is 7.41. The van der Waals surface area contributed by atoms with Crippen molar-refractivity contribution in [3.05, 3.63) is 35.6 Å². The molecule has 0 saturated carbocycles. The summed E-state index contributed by atoms with van der Waals surface area (Å²) in [4.78, 5) is 9.20. The minimum Gasteiger partial charge on any atom is -0.356 e. The second-order valence-electron chi connectivity index (χ2n) is 7.89. The van der Waals surface area contributed by atoms with Crippen molar-refractivity contribution in [2.45, 2.75) is 32.2 Å². The average molecular weight is 364 g/mol. The summed E-state index contributed by atoms with van der Waals surface area (Å²) < 4.78 is 13.5. The van der Waals surface area contributed by atoms with Gasteiger partial charge in [-0.1, -0.05) is 26.0 Å². The van der Waals surface area contributed by atoms with Gasteiger partial charge in [0.05, 0.1) is 0 Å². The van der Waals surface area contributed by atoms with Crippen molar-refractivity contribution in [1.29, 1.82) is 0 Å². The summed E-state index contributed by atoms with van der Waals surface area (Å²) in [6, 6.07) is 7.27. The number of rotatable bonds is 6. The molecule has 1 fully saturated rings. The second-order valence-corrected chi connectivity index (χ2v) is 7.89. The first kappa shape index (κ1) is 20.6. The Morgan fingerprint density at radius 1 is 1.23 bits per heavy atom. The van der Waals surface area contributed by atoms with Crippen LogP contribution in [0.15, 0.2) is 29.3 Å². The SMILES string of the molecule is CN=C(NCC(C)N1CCN(C)CC1)NCC(C)(C)c1cccc(F)c1. The van der Waals surface area contributed by atoms with Crippen LogP contribution in [-0.2, 0) is 5.41 Å². The Morgan fingerprint density at radius 3 is 2.54 bits per heavy atom. The van der Waals surface area contributed by atoms with E-state index < -0.39 is 0 Å². The number of likely N-dealkylation sites (N-methyl/N-ethyl adjacent to an activating group) is 1. The third-order valence-corrected chi connectivity index (χ3v) is 5.25. The predicted octanol–water partition coefficient (Wildman–Crippen LogP) is 1.90. The van der Waals surface area contributed by atoms with Crippen molar-refractivity contribution >= 4 is 5.96 Å². The normalized spacial score (nSPS) is 18.6. The van der Waals surface area contributed by atoms with Crippen molar-refractivity contribution in [3.63, 3.8) is 0 Å². The highest BCUT2D eigenvalue weighted by Gasteiger charge is 2.22. The van der Waals surface area contributed by atoms with Gasteiger partial charge in [0, 0.05) is 57.8 Å². The first-order chi connectivity index (χ1) is 12.3. The third-order valence-electron chi connectivity index (χ3n) is 5.25. The third kappa shape index (κ3) is 5.95. The van der Waals surface area contributed by atoms with Crippen LogP contribution in [0.4, 0.5) is 4.39 Å². The molecule has 26 heavy (non-hydrogen) atoms. The van der Waals surface area contributed by atoms with Crippen LogP contribution in [0.1, 0.15) is 26.3 Å². The number of aliphatic imine (C=N–C) groups is 1. The largest absolute Gasteiger partial charge is 0.356 e. The van der Waals surface area contributed by atoms with E-state index in [-0.39, 0.29) is 11.2 Å². The molecule has 0 aromatic heterocycles. The Morgan fingerprint density at radius 2 is 1.92 bits per heavy atom. The lowest BCUT2D eigenvalue weighted by Crippen LogP contribution is -2.52. The first-order valence-corrected chi connectivity index (χ1v) is 9.45. The number of hydrogen-bond donors (Lipinski definition) is 2. The van der Waals surface area contributed by atoms with E-state index in [4.69, 9.17) is 0 Å². The minimum absolute atomic E-state index is 0.192. The Bertz CT molecular complexity index is 594. The molecule has 2 N–H and O–H groups in total. The number of nitrogens with one attached hydrogen (secondary N) is 2. The van der Waals surface area contributed by atoms with Crippen LogP contribution in [-0.4, -0.2) is 75.2 Å². The van der Waals surface area contributed by atoms with E-state index in [1.165, 1.54) is 6.07 Å². The summed E-state index contributed by atoms with van der Waals surface area (Å²) >= 11 is 0. The van der Waals surface area contributed by atoms with Gasteiger partial charge in [0.15, 0.2) is 5.96 Å². The molecular weight excluding hydrogens is 329 g/mol. The number of guanidine groups is 1. The highest BCUT2D eigenvalue weighted by molar-refractivity contribution is 5.79. The second kappa shape index (κ2) is 9.33. The molecule has 5 nitrogen and oxygen atoms in total. The standard InChI is InChI=1S/C20H34FN5/c1-16(26-11-9-25(5)10-12-26)14-23-19(22-4)24-15-20(2,3)17-7-6-8-18(21)13-17/h6-8,13,16H,9-12,14-15H2,1-5H3,(H2,22,23,24). The lowest BCUT2D eigenvalue weighted by atomic mass is 9.84. The fraction of sp³-hybridized carbons (Fsp3) is 0.650. The summed E-state index contributed by atoms with van der Waals surface area (Å²) in [5.74, 6) is 0.592. The minimum atomic E-state index is -0.195. The summed E-state index contributed by atoms with van der Waals surface area (Å²) in [5, 5.41) is 6.81. The quantitative estimate of drug-likeness (QED) is 0.599. The number of piperazine rings is 1. The Balaban J connectivity index is 1.82. The molecule has 1 aliphatic heterocycles. The molecular formula is C20H34FN5. The van der Waals surface area contributed by atoms with Crippen LogP contribution in [0.2, 0.25) is 0 Å². The van der Waals surface area contributed by atoms with E-state index in [1.807, 2.05) is 6.07 Å². The summed E-state index contributed by atoms with van der Waals surface area (Å²) in [6.07, 6.45) is 0. The predicted molar refractivity (Wildman–Crippen MR) is 107 cm³/mol. The van der Waals surface area contributed by atoms with Crippen molar-refractivity contribution in [3.8, 4) is 0 Å². The van der Waals surface area contributed by atoms with Gasteiger partial charge < -0.3 is 15.5 Å². The van der Waals surface area contributed by atoms with Crippen LogP contribution in [0.5, 0.6) is 0 Å². The first-order valence-electron chi connectivity index (χ1n) is 9.45. The van der Waals surface area contributed by atoms with E-state index in [2.05, 4.69) is 53.2 Å². The van der Waals surface area contributed by atoms with Crippen LogP contribution >= 0.6 is 0 Å². The van der Waals surface area contributed by atoms with Crippen molar-refractivity contribution in [1.82, 2.24) is 20.4 Å². The van der Waals surface area contributed by atoms with Gasteiger partial charge in [0.1, 0.15) is 5.82 Å². The maximum atomic E-state index is 13.5. The lowest BCUT2D eigenvalue weighted by Gasteiger charge is -2.36. The van der Waals surface area contributed by atoms with Crippen LogP contribution < -0.4 is 10.6 Å². The van der Waals surface area contributed by atoms with Gasteiger partial charge in [0.2, 0.25) is 0 Å². The van der Waals surface area contributed by atoms with Crippen molar-refractivity contribution < 1.29 is 4.39 Å². The zero-order chi connectivity index (χ0) is 19.2. The number of benzene rings is 1. The van der Waals surface area contributed by atoms with Crippen LogP contribution in [0.25, 0.3) is 0 Å². The molecule has 0 spiro atoms. The maximum absolute atomic E-state index is 13.5. The fourth-order valence-corrected chi connectivity index (χ4v) is 3.17. The zero-order valence-corrected chi connectivity index (χ0v) is 16.8. The number of hydrogen-bond acceptors (Lipinski definition) is 3. The molecule has 1 heterocycles. The molecule has 6 heteroatoms. The molecule has 0 radical (unpaired) electrons. The molecule has 0 bridgehead atoms. The number of nitrogens with zero attached hydrogens (tertiary/aromatic N) is 3. The molecule has 0 aliphatic carbocycles. The van der Waals surface area contributed by atoms with Gasteiger partial charge in [-0.2, -0.15) is 0 Å². The molecule has 1 saturated heterocycles. The van der Waals surface area contributed by atoms with E-state index in [9.17, 15) is 4.39 Å². The maximum Gasteiger partial charge on any atom is 0.191 e. The monoisotopic (exact) mass is 363 g/mol. The van der Waals surface area contributed by atoms with Gasteiger partial charge >= 0.3 is 0 Å². The van der Waals surface area contributed by atoms with E-state index in [0.717, 1.165) is 44.2 Å². The van der Waals surface area contributed by atoms with Crippen LogP contribution in [0, 0.1) is 5.82 Å². The van der Waals surface area contributed by atoms with Crippen molar-refractivity contribution in [2.24, 2.45) is 4.99 Å². The molecule has 1 aromatic carbocycles. The summed E-state index contributed by atoms with van der Waals surface area (Å²) in [7, 11) is 3.96. The molecule has 1 aliphatic rings. The van der Waals surface area contributed by atoms with Crippen molar-refractivity contribution in [2.75, 3.05) is 53.4 Å². The Hall–Kier alpha value is -1.66. The van der Waals surface area contributed by atoms with Gasteiger partial charge in [-0.3, -0.25) is 9.89 Å². The summed E-state index contributed by atoms with van der Waals surface area (Å²) in [5.41, 5.74) is 0.786. The average Bonchev–Trinajstić information content (AvgIpc) is 2.62. The zero-order valence-electron chi connectivity index (χ0n) is 16.8. The van der Waals surface area contributed by atoms with Gasteiger partial charge in [-0.15, -0.1) is 0 Å². The highest BCUT2D eigenvalue weighted by Crippen LogP contribution is 2.22. The van der Waals surface area contributed by atoms with Gasteiger partial charge in [0.25, 0.3) is 0 Å². The molecule has 2 rings (SSSR count). The van der Waals surface area contributed by atoms with Gasteiger partial charge in [-0.05, 0) is 31.7 Å². The molecule has 1 atom stereocenters. The fourth-order valence-electron chi connectivity index (χ4n) is 3.17.